The Morgan fingerprint density at radius 3 is 2.56 bits per heavy atom. The van der Waals surface area contributed by atoms with Gasteiger partial charge in [0, 0.05) is 25.4 Å². The molecule has 1 aromatic heterocycles. The first-order chi connectivity index (χ1) is 8.24. The highest BCUT2D eigenvalue weighted by Gasteiger charge is 2.23. The molecular formula is C13H20N2O3. The monoisotopic (exact) mass is 252 g/mol. The van der Waals surface area contributed by atoms with Crippen LogP contribution in [-0.4, -0.2) is 39.6 Å². The number of aryl methyl sites for hydroxylation is 1. The molecule has 0 aliphatic carbocycles. The van der Waals surface area contributed by atoms with Gasteiger partial charge >= 0.3 is 0 Å². The Morgan fingerprint density at radius 1 is 1.50 bits per heavy atom. The van der Waals surface area contributed by atoms with Crippen molar-refractivity contribution in [1.29, 1.82) is 0 Å². The second-order valence-electron chi connectivity index (χ2n) is 5.03. The van der Waals surface area contributed by atoms with Crippen molar-refractivity contribution in [1.82, 2.24) is 9.88 Å². The van der Waals surface area contributed by atoms with Crippen LogP contribution in [0.1, 0.15) is 36.7 Å². The summed E-state index contributed by atoms with van der Waals surface area (Å²) < 4.78 is 0. The minimum Gasteiger partial charge on any atom is -0.389 e. The second-order valence-corrected chi connectivity index (χ2v) is 5.03. The van der Waals surface area contributed by atoms with Crippen molar-refractivity contribution >= 4 is 5.91 Å². The van der Waals surface area contributed by atoms with Crippen molar-refractivity contribution < 1.29 is 9.90 Å². The molecule has 1 heterocycles. The zero-order valence-electron chi connectivity index (χ0n) is 11.3. The Hall–Kier alpha value is -1.62. The van der Waals surface area contributed by atoms with Crippen molar-refractivity contribution in [2.75, 3.05) is 13.1 Å². The van der Waals surface area contributed by atoms with E-state index >= 15 is 0 Å². The van der Waals surface area contributed by atoms with Gasteiger partial charge in [-0.2, -0.15) is 0 Å². The van der Waals surface area contributed by atoms with Gasteiger partial charge in [0.15, 0.2) is 0 Å². The lowest BCUT2D eigenvalue weighted by Gasteiger charge is -2.28. The summed E-state index contributed by atoms with van der Waals surface area (Å²) in [4.78, 5) is 27.4. The van der Waals surface area contributed by atoms with Gasteiger partial charge in [0.05, 0.1) is 11.2 Å². The van der Waals surface area contributed by atoms with Gasteiger partial charge in [-0.1, -0.05) is 0 Å². The third-order valence-corrected chi connectivity index (χ3v) is 2.61. The lowest BCUT2D eigenvalue weighted by Crippen LogP contribution is -2.42. The van der Waals surface area contributed by atoms with E-state index in [2.05, 4.69) is 4.98 Å². The second kappa shape index (κ2) is 5.35. The Kier molecular flexibility index (Phi) is 4.29. The molecule has 0 bridgehead atoms. The number of H-pyrrole nitrogens is 1. The van der Waals surface area contributed by atoms with E-state index in [-0.39, 0.29) is 18.0 Å². The zero-order valence-corrected chi connectivity index (χ0v) is 11.3. The summed E-state index contributed by atoms with van der Waals surface area (Å²) in [7, 11) is 0. The summed E-state index contributed by atoms with van der Waals surface area (Å²) in [5.74, 6) is -0.187. The van der Waals surface area contributed by atoms with Crippen LogP contribution < -0.4 is 5.56 Å². The lowest BCUT2D eigenvalue weighted by atomic mass is 10.1. The van der Waals surface area contributed by atoms with Crippen LogP contribution in [0.25, 0.3) is 0 Å². The average molecular weight is 252 g/mol. The normalized spacial score (nSPS) is 11.4. The predicted octanol–water partition coefficient (Wildman–Crippen LogP) is 0.916. The van der Waals surface area contributed by atoms with Crippen molar-refractivity contribution in [2.45, 2.75) is 33.3 Å². The summed E-state index contributed by atoms with van der Waals surface area (Å²) in [5, 5.41) is 9.78. The Balaban J connectivity index is 3.00. The first-order valence-electron chi connectivity index (χ1n) is 5.95. The zero-order chi connectivity index (χ0) is 13.9. The third-order valence-electron chi connectivity index (χ3n) is 2.61. The van der Waals surface area contributed by atoms with E-state index in [1.165, 1.54) is 12.3 Å². The number of rotatable bonds is 4. The minimum atomic E-state index is -0.943. The Bertz CT molecular complexity index is 486. The van der Waals surface area contributed by atoms with E-state index in [0.717, 1.165) is 0 Å². The number of hydrogen-bond acceptors (Lipinski definition) is 3. The number of aromatic nitrogens is 1. The minimum absolute atomic E-state index is 0.187. The van der Waals surface area contributed by atoms with Crippen LogP contribution in [0.15, 0.2) is 17.1 Å². The molecule has 5 heteroatoms. The highest BCUT2D eigenvalue weighted by molar-refractivity contribution is 5.95. The molecular weight excluding hydrogens is 232 g/mol. The van der Waals surface area contributed by atoms with Gasteiger partial charge < -0.3 is 15.0 Å². The number of likely N-dealkylation sites (N-methyl/N-ethyl adjacent to an activating group) is 1. The molecule has 0 unspecified atom stereocenters. The standard InChI is InChI=1S/C13H20N2O3/c1-5-15(8-13(3,4)18)12(17)10-7-14-11(16)6-9(10)2/h6-7,18H,5,8H2,1-4H3,(H,14,16). The van der Waals surface area contributed by atoms with Gasteiger partial charge in [-0.25, -0.2) is 0 Å². The first kappa shape index (κ1) is 14.4. The van der Waals surface area contributed by atoms with Gasteiger partial charge in [-0.3, -0.25) is 9.59 Å². The molecule has 0 aliphatic rings. The molecule has 100 valence electrons. The number of hydrogen-bond donors (Lipinski definition) is 2. The van der Waals surface area contributed by atoms with Crippen LogP contribution >= 0.6 is 0 Å². The lowest BCUT2D eigenvalue weighted by molar-refractivity contribution is 0.0314. The van der Waals surface area contributed by atoms with Crippen LogP contribution in [0.2, 0.25) is 0 Å². The SMILES string of the molecule is CCN(CC(C)(C)O)C(=O)c1c[nH]c(=O)cc1C. The molecule has 1 amide bonds. The van der Waals surface area contributed by atoms with Gasteiger partial charge in [-0.05, 0) is 33.3 Å². The van der Waals surface area contributed by atoms with Crippen LogP contribution in [0.3, 0.4) is 0 Å². The molecule has 18 heavy (non-hydrogen) atoms. The van der Waals surface area contributed by atoms with E-state index in [4.69, 9.17) is 0 Å². The molecule has 1 rings (SSSR count). The highest BCUT2D eigenvalue weighted by atomic mass is 16.3. The van der Waals surface area contributed by atoms with Crippen molar-refractivity contribution in [3.63, 3.8) is 0 Å². The molecule has 0 saturated carbocycles. The van der Waals surface area contributed by atoms with E-state index in [0.29, 0.717) is 17.7 Å². The molecule has 2 N–H and O–H groups in total. The maximum atomic E-state index is 12.3. The summed E-state index contributed by atoms with van der Waals surface area (Å²) in [5.41, 5.74) is -0.0740. The molecule has 0 atom stereocenters. The van der Waals surface area contributed by atoms with E-state index < -0.39 is 5.60 Å². The molecule has 0 spiro atoms. The summed E-state index contributed by atoms with van der Waals surface area (Å²) >= 11 is 0. The van der Waals surface area contributed by atoms with E-state index in [1.54, 1.807) is 25.7 Å². The van der Waals surface area contributed by atoms with Gasteiger partial charge in [0.25, 0.3) is 5.91 Å². The number of nitrogens with one attached hydrogen (secondary N) is 1. The maximum absolute atomic E-state index is 12.3. The number of aromatic amines is 1. The fourth-order valence-corrected chi connectivity index (χ4v) is 1.77. The molecule has 5 nitrogen and oxygen atoms in total. The predicted molar refractivity (Wildman–Crippen MR) is 69.7 cm³/mol. The average Bonchev–Trinajstić information content (AvgIpc) is 2.24. The quantitative estimate of drug-likeness (QED) is 0.836. The van der Waals surface area contributed by atoms with Gasteiger partial charge in [-0.15, -0.1) is 0 Å². The summed E-state index contributed by atoms with van der Waals surface area (Å²) in [6.45, 7) is 7.64. The molecule has 1 aromatic rings. The van der Waals surface area contributed by atoms with Gasteiger partial charge in [0.2, 0.25) is 5.56 Å². The number of carbonyl (C=O) groups is 1. The highest BCUT2D eigenvalue weighted by Crippen LogP contribution is 2.11. The number of pyridine rings is 1. The topological polar surface area (TPSA) is 73.4 Å². The molecule has 0 radical (unpaired) electrons. The molecule has 0 aliphatic heterocycles. The first-order valence-corrected chi connectivity index (χ1v) is 5.95. The number of amides is 1. The number of nitrogens with zero attached hydrogens (tertiary/aromatic N) is 1. The largest absolute Gasteiger partial charge is 0.389 e. The van der Waals surface area contributed by atoms with Crippen LogP contribution in [0.4, 0.5) is 0 Å². The molecule has 0 fully saturated rings. The van der Waals surface area contributed by atoms with E-state index in [9.17, 15) is 14.7 Å². The Morgan fingerprint density at radius 2 is 2.11 bits per heavy atom. The fourth-order valence-electron chi connectivity index (χ4n) is 1.77. The van der Waals surface area contributed by atoms with Crippen molar-refractivity contribution in [2.24, 2.45) is 0 Å². The van der Waals surface area contributed by atoms with Crippen LogP contribution in [0, 0.1) is 6.92 Å². The Labute approximate surface area is 106 Å². The van der Waals surface area contributed by atoms with E-state index in [1.807, 2.05) is 6.92 Å². The maximum Gasteiger partial charge on any atom is 0.255 e. The smallest absolute Gasteiger partial charge is 0.255 e. The summed E-state index contributed by atoms with van der Waals surface area (Å²) in [6, 6.07) is 1.39. The number of aliphatic hydroxyl groups is 1. The van der Waals surface area contributed by atoms with Crippen molar-refractivity contribution in [3.05, 3.63) is 33.7 Å². The molecule has 0 aromatic carbocycles. The van der Waals surface area contributed by atoms with Crippen LogP contribution in [-0.2, 0) is 0 Å². The van der Waals surface area contributed by atoms with Gasteiger partial charge in [0.1, 0.15) is 0 Å². The third kappa shape index (κ3) is 3.70. The molecule has 0 saturated heterocycles. The fraction of sp³-hybridized carbons (Fsp3) is 0.538. The number of carbonyl (C=O) groups excluding carboxylic acids is 1. The summed E-state index contributed by atoms with van der Waals surface area (Å²) in [6.07, 6.45) is 1.42. The van der Waals surface area contributed by atoms with Crippen molar-refractivity contribution in [3.8, 4) is 0 Å². The van der Waals surface area contributed by atoms with Crippen LogP contribution in [0.5, 0.6) is 0 Å².